The van der Waals surface area contributed by atoms with Crippen molar-refractivity contribution in [3.8, 4) is 22.9 Å². The smallest absolute Gasteiger partial charge is 0.273 e. The lowest BCUT2D eigenvalue weighted by molar-refractivity contribution is -0.121. The molecule has 2 N–H and O–H groups in total. The van der Waals surface area contributed by atoms with Crippen LogP contribution in [0.15, 0.2) is 47.3 Å². The van der Waals surface area contributed by atoms with Gasteiger partial charge < -0.3 is 19.8 Å². The van der Waals surface area contributed by atoms with Crippen molar-refractivity contribution in [2.45, 2.75) is 33.2 Å². The van der Waals surface area contributed by atoms with E-state index in [1.165, 1.54) is 19.2 Å². The largest absolute Gasteiger partial charge is 0.493 e. The third-order valence-corrected chi connectivity index (χ3v) is 4.74. The zero-order valence-electron chi connectivity index (χ0n) is 18.9. The van der Waals surface area contributed by atoms with Gasteiger partial charge in [0, 0.05) is 24.9 Å². The topological polar surface area (TPSA) is 106 Å². The van der Waals surface area contributed by atoms with Crippen molar-refractivity contribution < 1.29 is 18.7 Å². The average Bonchev–Trinajstić information content (AvgIpc) is 2.80. The summed E-state index contributed by atoms with van der Waals surface area (Å²) in [6.07, 6.45) is 0.186. The normalized spacial score (nSPS) is 10.8. The first kappa shape index (κ1) is 23.9. The van der Waals surface area contributed by atoms with Crippen LogP contribution in [0.1, 0.15) is 31.5 Å². The van der Waals surface area contributed by atoms with E-state index >= 15 is 0 Å². The van der Waals surface area contributed by atoms with Gasteiger partial charge in [-0.15, -0.1) is 10.2 Å². The van der Waals surface area contributed by atoms with E-state index in [1.54, 1.807) is 30.3 Å². The molecule has 1 heterocycles. The van der Waals surface area contributed by atoms with Crippen LogP contribution < -0.4 is 20.3 Å². The van der Waals surface area contributed by atoms with Gasteiger partial charge >= 0.3 is 0 Å². The van der Waals surface area contributed by atoms with Gasteiger partial charge in [-0.1, -0.05) is 26.0 Å². The van der Waals surface area contributed by atoms with Gasteiger partial charge in [0.1, 0.15) is 11.5 Å². The molecule has 0 saturated heterocycles. The summed E-state index contributed by atoms with van der Waals surface area (Å²) in [7, 11) is 1.54. The predicted molar refractivity (Wildman–Crippen MR) is 122 cm³/mol. The number of halogens is 1. The standard InChI is InChI=1S/C24H27FN4O4/c1-15(2)14-33-20-9-7-17(12-21(20)32-3)23-27-24(31)19(28-29-23)8-10-22(30)26-13-16-5-4-6-18(25)11-16/h4-7,9,11-12,15H,8,10,13-14H2,1-3H3,(H,26,30)(H,27,29,31). The number of carbonyl (C=O) groups is 1. The highest BCUT2D eigenvalue weighted by molar-refractivity contribution is 5.76. The number of aromatic amines is 1. The average molecular weight is 455 g/mol. The molecule has 0 aliphatic rings. The maximum Gasteiger partial charge on any atom is 0.273 e. The van der Waals surface area contributed by atoms with Gasteiger partial charge in [-0.05, 0) is 41.8 Å². The molecule has 33 heavy (non-hydrogen) atoms. The van der Waals surface area contributed by atoms with Crippen molar-refractivity contribution >= 4 is 5.91 Å². The van der Waals surface area contributed by atoms with Crippen LogP contribution in [0.2, 0.25) is 0 Å². The molecule has 1 amide bonds. The molecule has 3 aromatic rings. The van der Waals surface area contributed by atoms with Gasteiger partial charge in [0.2, 0.25) is 5.91 Å². The number of aromatic nitrogens is 3. The first-order chi connectivity index (χ1) is 15.9. The summed E-state index contributed by atoms with van der Waals surface area (Å²) < 4.78 is 24.3. The van der Waals surface area contributed by atoms with E-state index < -0.39 is 5.56 Å². The van der Waals surface area contributed by atoms with E-state index in [-0.39, 0.29) is 42.6 Å². The molecule has 0 atom stereocenters. The summed E-state index contributed by atoms with van der Waals surface area (Å²) in [4.78, 5) is 27.2. The molecule has 0 radical (unpaired) electrons. The van der Waals surface area contributed by atoms with Gasteiger partial charge in [0.25, 0.3) is 5.56 Å². The molecule has 2 aromatic carbocycles. The zero-order valence-corrected chi connectivity index (χ0v) is 18.9. The Morgan fingerprint density at radius 1 is 1.15 bits per heavy atom. The SMILES string of the molecule is COc1cc(-c2nnc(CCC(=O)NCc3cccc(F)c3)c(=O)[nH]2)ccc1OCC(C)C. The summed E-state index contributed by atoms with van der Waals surface area (Å²) in [5.41, 5.74) is 1.01. The third-order valence-electron chi connectivity index (χ3n) is 4.74. The number of nitrogens with one attached hydrogen (secondary N) is 2. The molecule has 0 fully saturated rings. The lowest BCUT2D eigenvalue weighted by Gasteiger charge is -2.13. The number of H-pyrrole nitrogens is 1. The summed E-state index contributed by atoms with van der Waals surface area (Å²) in [5.74, 6) is 1.15. The highest BCUT2D eigenvalue weighted by atomic mass is 19.1. The second-order valence-corrected chi connectivity index (χ2v) is 7.93. The zero-order chi connectivity index (χ0) is 23.8. The van der Waals surface area contributed by atoms with E-state index in [0.717, 1.165) is 0 Å². The molecule has 0 spiro atoms. The predicted octanol–water partition coefficient (Wildman–Crippen LogP) is 3.26. The fourth-order valence-electron chi connectivity index (χ4n) is 3.01. The van der Waals surface area contributed by atoms with Crippen LogP contribution >= 0.6 is 0 Å². The third kappa shape index (κ3) is 6.86. The van der Waals surface area contributed by atoms with Crippen molar-refractivity contribution in [1.82, 2.24) is 20.5 Å². The fourth-order valence-corrected chi connectivity index (χ4v) is 3.01. The number of rotatable bonds is 10. The molecule has 0 bridgehead atoms. The second-order valence-electron chi connectivity index (χ2n) is 7.93. The van der Waals surface area contributed by atoms with Crippen LogP contribution in [0, 0.1) is 11.7 Å². The molecule has 0 unspecified atom stereocenters. The molecule has 174 valence electrons. The Bertz CT molecular complexity index is 1160. The summed E-state index contributed by atoms with van der Waals surface area (Å²) >= 11 is 0. The van der Waals surface area contributed by atoms with Crippen molar-refractivity contribution in [2.75, 3.05) is 13.7 Å². The van der Waals surface area contributed by atoms with Gasteiger partial charge in [-0.2, -0.15) is 0 Å². The van der Waals surface area contributed by atoms with Crippen molar-refractivity contribution in [3.05, 3.63) is 69.9 Å². The van der Waals surface area contributed by atoms with Crippen LogP contribution in [0.3, 0.4) is 0 Å². The lowest BCUT2D eigenvalue weighted by Crippen LogP contribution is -2.25. The minimum atomic E-state index is -0.419. The van der Waals surface area contributed by atoms with Crippen molar-refractivity contribution in [3.63, 3.8) is 0 Å². The number of hydrogen-bond donors (Lipinski definition) is 2. The summed E-state index contributed by atoms with van der Waals surface area (Å²) in [5, 5.41) is 10.8. The molecular weight excluding hydrogens is 427 g/mol. The van der Waals surface area contributed by atoms with Crippen LogP contribution in [0.4, 0.5) is 4.39 Å². The Hall–Kier alpha value is -3.75. The van der Waals surface area contributed by atoms with Crippen molar-refractivity contribution in [2.24, 2.45) is 5.92 Å². The Kier molecular flexibility index (Phi) is 8.12. The Morgan fingerprint density at radius 2 is 1.97 bits per heavy atom. The number of benzene rings is 2. The van der Waals surface area contributed by atoms with E-state index in [4.69, 9.17) is 9.47 Å². The Morgan fingerprint density at radius 3 is 2.67 bits per heavy atom. The highest BCUT2D eigenvalue weighted by Crippen LogP contribution is 2.31. The number of hydrogen-bond acceptors (Lipinski definition) is 6. The number of amides is 1. The van der Waals surface area contributed by atoms with Crippen LogP contribution in [0.5, 0.6) is 11.5 Å². The van der Waals surface area contributed by atoms with Gasteiger partial charge in [0.15, 0.2) is 17.3 Å². The minimum absolute atomic E-state index is 0.0577. The van der Waals surface area contributed by atoms with E-state index in [2.05, 4.69) is 34.3 Å². The molecule has 0 aliphatic carbocycles. The molecule has 8 nitrogen and oxygen atoms in total. The maximum atomic E-state index is 13.2. The lowest BCUT2D eigenvalue weighted by atomic mass is 10.2. The van der Waals surface area contributed by atoms with Crippen LogP contribution in [0.25, 0.3) is 11.4 Å². The van der Waals surface area contributed by atoms with Crippen molar-refractivity contribution in [1.29, 1.82) is 0 Å². The highest BCUT2D eigenvalue weighted by Gasteiger charge is 2.12. The minimum Gasteiger partial charge on any atom is -0.493 e. The van der Waals surface area contributed by atoms with Crippen LogP contribution in [-0.4, -0.2) is 34.8 Å². The molecule has 9 heteroatoms. The molecular formula is C24H27FN4O4. The fraction of sp³-hybridized carbons (Fsp3) is 0.333. The maximum absolute atomic E-state index is 13.2. The number of ether oxygens (including phenoxy) is 2. The summed E-state index contributed by atoms with van der Waals surface area (Å²) in [6, 6.07) is 11.2. The van der Waals surface area contributed by atoms with E-state index in [9.17, 15) is 14.0 Å². The number of carbonyl (C=O) groups excluding carboxylic acids is 1. The van der Waals surface area contributed by atoms with E-state index in [1.807, 2.05) is 0 Å². The Balaban J connectivity index is 1.61. The van der Waals surface area contributed by atoms with Crippen LogP contribution in [-0.2, 0) is 17.8 Å². The first-order valence-corrected chi connectivity index (χ1v) is 10.6. The quantitative estimate of drug-likeness (QED) is 0.487. The molecule has 3 rings (SSSR count). The van der Waals surface area contributed by atoms with Gasteiger partial charge in [0.05, 0.1) is 13.7 Å². The van der Waals surface area contributed by atoms with Gasteiger partial charge in [-0.25, -0.2) is 4.39 Å². The molecule has 0 aliphatic heterocycles. The second kappa shape index (κ2) is 11.2. The monoisotopic (exact) mass is 454 g/mol. The number of aryl methyl sites for hydroxylation is 1. The van der Waals surface area contributed by atoms with Gasteiger partial charge in [-0.3, -0.25) is 9.59 Å². The number of methoxy groups -OCH3 is 1. The summed E-state index contributed by atoms with van der Waals surface area (Å²) in [6.45, 7) is 4.86. The van der Waals surface area contributed by atoms with E-state index in [0.29, 0.717) is 35.2 Å². The first-order valence-electron chi connectivity index (χ1n) is 10.6. The number of nitrogens with zero attached hydrogens (tertiary/aromatic N) is 2. The molecule has 1 aromatic heterocycles. The Labute approximate surface area is 191 Å². The molecule has 0 saturated carbocycles.